The maximum absolute atomic E-state index is 12.8. The van der Waals surface area contributed by atoms with Gasteiger partial charge in [0.25, 0.3) is 5.91 Å². The minimum atomic E-state index is -0.739. The molecule has 1 amide bonds. The van der Waals surface area contributed by atoms with E-state index in [-0.39, 0.29) is 17.7 Å². The molecule has 1 saturated carbocycles. The maximum Gasteiger partial charge on any atom is 0.308 e. The number of amides is 1. The van der Waals surface area contributed by atoms with Crippen LogP contribution >= 0.6 is 11.3 Å². The van der Waals surface area contributed by atoms with Crippen molar-refractivity contribution in [2.45, 2.75) is 39.0 Å². The van der Waals surface area contributed by atoms with E-state index in [9.17, 15) is 14.7 Å². The number of carboxylic acids is 1. The molecule has 0 radical (unpaired) electrons. The van der Waals surface area contributed by atoms with Gasteiger partial charge in [-0.1, -0.05) is 6.92 Å². The van der Waals surface area contributed by atoms with Crippen LogP contribution in [0.25, 0.3) is 0 Å². The predicted molar refractivity (Wildman–Crippen MR) is 88.8 cm³/mol. The van der Waals surface area contributed by atoms with Crippen LogP contribution in [0.15, 0.2) is 6.07 Å². The first-order valence-corrected chi connectivity index (χ1v) is 9.48. The monoisotopic (exact) mass is 333 g/mol. The standard InChI is InChI=1S/C18H23NO3S/c1-10-2-5-15-12(6-10)7-16(23-15)17(20)19-8-13(11-3-4-11)14(9-19)18(21)22/h7,10-11,13-14H,2-6,8-9H2,1H3,(H,21,22)/t10?,13-,14+/m1/s1. The van der Waals surface area contributed by atoms with Crippen LogP contribution in [0, 0.1) is 23.7 Å². The molecule has 1 aliphatic heterocycles. The number of fused-ring (bicyclic) bond motifs is 1. The second kappa shape index (κ2) is 5.62. The number of carboxylic acid groups (broad SMARTS) is 1. The third-order valence-corrected chi connectivity index (χ3v) is 6.96. The molecule has 1 aromatic rings. The first kappa shape index (κ1) is 15.2. The zero-order chi connectivity index (χ0) is 16.1. The molecule has 0 spiro atoms. The van der Waals surface area contributed by atoms with Crippen molar-refractivity contribution in [3.8, 4) is 0 Å². The van der Waals surface area contributed by atoms with Gasteiger partial charge in [-0.2, -0.15) is 0 Å². The summed E-state index contributed by atoms with van der Waals surface area (Å²) < 4.78 is 0. The van der Waals surface area contributed by atoms with E-state index in [1.54, 1.807) is 16.2 Å². The van der Waals surface area contributed by atoms with Gasteiger partial charge in [-0.25, -0.2) is 0 Å². The van der Waals surface area contributed by atoms with Crippen LogP contribution < -0.4 is 0 Å². The van der Waals surface area contributed by atoms with E-state index in [2.05, 4.69) is 13.0 Å². The number of aryl methyl sites for hydroxylation is 1. The molecule has 4 nitrogen and oxygen atoms in total. The van der Waals surface area contributed by atoms with Crippen molar-refractivity contribution in [3.05, 3.63) is 21.4 Å². The van der Waals surface area contributed by atoms with Crippen LogP contribution in [0.3, 0.4) is 0 Å². The fraction of sp³-hybridized carbons (Fsp3) is 0.667. The molecule has 1 N–H and O–H groups in total. The largest absolute Gasteiger partial charge is 0.481 e. The molecular formula is C18H23NO3S. The van der Waals surface area contributed by atoms with Gasteiger partial charge in [0.15, 0.2) is 0 Å². The number of hydrogen-bond acceptors (Lipinski definition) is 3. The van der Waals surface area contributed by atoms with Gasteiger partial charge in [-0.15, -0.1) is 11.3 Å². The Bertz CT molecular complexity index is 649. The van der Waals surface area contributed by atoms with Gasteiger partial charge in [-0.05, 0) is 61.5 Å². The number of thiophene rings is 1. The lowest BCUT2D eigenvalue weighted by molar-refractivity contribution is -0.142. The Kier molecular flexibility index (Phi) is 3.71. The molecule has 0 aromatic carbocycles. The fourth-order valence-corrected chi connectivity index (χ4v) is 5.40. The Morgan fingerprint density at radius 1 is 1.26 bits per heavy atom. The van der Waals surface area contributed by atoms with Crippen LogP contribution in [-0.4, -0.2) is 35.0 Å². The van der Waals surface area contributed by atoms with Crippen molar-refractivity contribution in [1.82, 2.24) is 4.90 Å². The maximum atomic E-state index is 12.8. The molecule has 2 aliphatic carbocycles. The lowest BCUT2D eigenvalue weighted by Gasteiger charge is -2.16. The molecule has 124 valence electrons. The van der Waals surface area contributed by atoms with E-state index in [0.29, 0.717) is 24.9 Å². The van der Waals surface area contributed by atoms with Gasteiger partial charge in [0.2, 0.25) is 0 Å². The molecular weight excluding hydrogens is 310 g/mol. The molecule has 3 atom stereocenters. The van der Waals surface area contributed by atoms with E-state index in [1.165, 1.54) is 16.9 Å². The molecule has 1 saturated heterocycles. The lowest BCUT2D eigenvalue weighted by atomic mass is 9.90. The minimum absolute atomic E-state index is 0.0476. The highest BCUT2D eigenvalue weighted by Gasteiger charge is 2.47. The Balaban J connectivity index is 1.52. The number of likely N-dealkylation sites (tertiary alicyclic amines) is 1. The van der Waals surface area contributed by atoms with E-state index < -0.39 is 5.97 Å². The molecule has 1 unspecified atom stereocenters. The summed E-state index contributed by atoms with van der Waals surface area (Å²) in [6.07, 6.45) is 5.61. The van der Waals surface area contributed by atoms with E-state index in [1.807, 2.05) is 0 Å². The summed E-state index contributed by atoms with van der Waals surface area (Å²) in [7, 11) is 0. The van der Waals surface area contributed by atoms with Crippen molar-refractivity contribution < 1.29 is 14.7 Å². The van der Waals surface area contributed by atoms with Crippen LogP contribution in [0.5, 0.6) is 0 Å². The SMILES string of the molecule is CC1CCc2sc(C(=O)N3C[C@H](C(=O)O)[C@@H](C4CC4)C3)cc2C1. The fourth-order valence-electron chi connectivity index (χ4n) is 4.23. The second-order valence-corrected chi connectivity index (χ2v) is 8.70. The van der Waals surface area contributed by atoms with E-state index in [4.69, 9.17) is 0 Å². The molecule has 23 heavy (non-hydrogen) atoms. The number of carbonyl (C=O) groups excluding carboxylic acids is 1. The average Bonchev–Trinajstić information content (AvgIpc) is 3.11. The minimum Gasteiger partial charge on any atom is -0.481 e. The molecule has 2 heterocycles. The van der Waals surface area contributed by atoms with Crippen molar-refractivity contribution in [1.29, 1.82) is 0 Å². The van der Waals surface area contributed by atoms with Crippen molar-refractivity contribution in [2.24, 2.45) is 23.7 Å². The average molecular weight is 333 g/mol. The first-order chi connectivity index (χ1) is 11.0. The molecule has 2 fully saturated rings. The van der Waals surface area contributed by atoms with Gasteiger partial charge in [-0.3, -0.25) is 9.59 Å². The van der Waals surface area contributed by atoms with Crippen LogP contribution in [-0.2, 0) is 17.6 Å². The molecule has 5 heteroatoms. The highest BCUT2D eigenvalue weighted by Crippen LogP contribution is 2.44. The molecule has 4 rings (SSSR count). The predicted octanol–water partition coefficient (Wildman–Crippen LogP) is 3.06. The smallest absolute Gasteiger partial charge is 0.308 e. The Morgan fingerprint density at radius 3 is 2.74 bits per heavy atom. The quantitative estimate of drug-likeness (QED) is 0.925. The topological polar surface area (TPSA) is 57.6 Å². The molecule has 1 aromatic heterocycles. The Morgan fingerprint density at radius 2 is 2.04 bits per heavy atom. The highest BCUT2D eigenvalue weighted by molar-refractivity contribution is 7.14. The zero-order valence-electron chi connectivity index (χ0n) is 13.5. The number of aliphatic carboxylic acids is 1. The first-order valence-electron chi connectivity index (χ1n) is 8.66. The molecule has 0 bridgehead atoms. The summed E-state index contributed by atoms with van der Waals surface area (Å²) >= 11 is 1.63. The summed E-state index contributed by atoms with van der Waals surface area (Å²) in [5.74, 6) is 0.309. The van der Waals surface area contributed by atoms with Gasteiger partial charge >= 0.3 is 5.97 Å². The molecule has 3 aliphatic rings. The van der Waals surface area contributed by atoms with Gasteiger partial charge < -0.3 is 10.0 Å². The highest BCUT2D eigenvalue weighted by atomic mass is 32.1. The van der Waals surface area contributed by atoms with E-state index in [0.717, 1.165) is 30.6 Å². The van der Waals surface area contributed by atoms with Crippen molar-refractivity contribution in [2.75, 3.05) is 13.1 Å². The van der Waals surface area contributed by atoms with Gasteiger partial charge in [0, 0.05) is 18.0 Å². The second-order valence-electron chi connectivity index (χ2n) is 7.56. The lowest BCUT2D eigenvalue weighted by Crippen LogP contribution is -2.29. The summed E-state index contributed by atoms with van der Waals surface area (Å²) in [6, 6.07) is 2.07. The summed E-state index contributed by atoms with van der Waals surface area (Å²) in [6.45, 7) is 3.27. The number of hydrogen-bond donors (Lipinski definition) is 1. The van der Waals surface area contributed by atoms with Crippen molar-refractivity contribution in [3.63, 3.8) is 0 Å². The summed E-state index contributed by atoms with van der Waals surface area (Å²) in [5, 5.41) is 9.46. The van der Waals surface area contributed by atoms with Gasteiger partial charge in [0.1, 0.15) is 0 Å². The summed E-state index contributed by atoms with van der Waals surface area (Å²) in [4.78, 5) is 28.3. The number of rotatable bonds is 3. The summed E-state index contributed by atoms with van der Waals surface area (Å²) in [5.41, 5.74) is 1.34. The Labute approximate surface area is 140 Å². The van der Waals surface area contributed by atoms with Gasteiger partial charge in [0.05, 0.1) is 10.8 Å². The van der Waals surface area contributed by atoms with E-state index >= 15 is 0 Å². The third kappa shape index (κ3) is 2.80. The zero-order valence-corrected chi connectivity index (χ0v) is 14.3. The Hall–Kier alpha value is -1.36. The number of carbonyl (C=O) groups is 2. The van der Waals surface area contributed by atoms with Crippen LogP contribution in [0.2, 0.25) is 0 Å². The van der Waals surface area contributed by atoms with Crippen molar-refractivity contribution >= 4 is 23.2 Å². The van der Waals surface area contributed by atoms with Crippen LogP contribution in [0.4, 0.5) is 0 Å². The third-order valence-electron chi connectivity index (χ3n) is 5.74. The van der Waals surface area contributed by atoms with Crippen LogP contribution in [0.1, 0.15) is 46.3 Å². The number of nitrogens with zero attached hydrogens (tertiary/aromatic N) is 1. The normalized spacial score (nSPS) is 30.3.